The van der Waals surface area contributed by atoms with E-state index in [0.29, 0.717) is 36.5 Å². The highest BCUT2D eigenvalue weighted by atomic mass is 35.5. The Kier molecular flexibility index (Phi) is 5.66. The van der Waals surface area contributed by atoms with Crippen LogP contribution in [0.1, 0.15) is 32.6 Å². The molecule has 120 valence electrons. The second-order valence-corrected chi connectivity index (χ2v) is 5.91. The Morgan fingerprint density at radius 3 is 2.73 bits per heavy atom. The zero-order valence-electron chi connectivity index (χ0n) is 12.4. The number of benzene rings is 1. The van der Waals surface area contributed by atoms with Gasteiger partial charge in [-0.05, 0) is 37.8 Å². The van der Waals surface area contributed by atoms with Crippen molar-refractivity contribution in [2.24, 2.45) is 5.92 Å². The number of aliphatic carboxylic acids is 1. The Hall–Kier alpha value is -1.75. The maximum absolute atomic E-state index is 12.3. The summed E-state index contributed by atoms with van der Waals surface area (Å²) in [4.78, 5) is 23.2. The number of rotatable bonds is 6. The molecule has 0 spiro atoms. The minimum absolute atomic E-state index is 0.0995. The van der Waals surface area contributed by atoms with Crippen molar-refractivity contribution < 1.29 is 19.4 Å². The fraction of sp³-hybridized carbons (Fsp3) is 0.500. The molecule has 0 saturated heterocycles. The molecule has 6 heteroatoms. The molecule has 1 aromatic carbocycles. The standard InChI is InChI=1S/C16H20ClNO4/c1-2-13(22-14-6-4-3-5-12(14)17)15(19)18-11-8-7-10(9-11)16(20)21/h3-6,10-11,13H,2,7-9H2,1H3,(H,18,19)(H,20,21)/t10-,11+,13?/m1/s1. The highest BCUT2D eigenvalue weighted by Crippen LogP contribution is 2.27. The normalized spacial score (nSPS) is 22.1. The van der Waals surface area contributed by atoms with Crippen LogP contribution in [0.15, 0.2) is 24.3 Å². The average molecular weight is 326 g/mol. The van der Waals surface area contributed by atoms with Crippen molar-refractivity contribution in [3.8, 4) is 5.75 Å². The van der Waals surface area contributed by atoms with Gasteiger partial charge >= 0.3 is 5.97 Å². The largest absolute Gasteiger partial charge is 0.481 e. The summed E-state index contributed by atoms with van der Waals surface area (Å²) >= 11 is 6.03. The van der Waals surface area contributed by atoms with Crippen LogP contribution in [0.5, 0.6) is 5.75 Å². The maximum Gasteiger partial charge on any atom is 0.306 e. The topological polar surface area (TPSA) is 75.6 Å². The molecule has 1 saturated carbocycles. The van der Waals surface area contributed by atoms with Crippen molar-refractivity contribution in [1.82, 2.24) is 5.32 Å². The van der Waals surface area contributed by atoms with E-state index in [1.165, 1.54) is 0 Å². The van der Waals surface area contributed by atoms with Crippen molar-refractivity contribution in [2.45, 2.75) is 44.8 Å². The SMILES string of the molecule is CCC(Oc1ccccc1Cl)C(=O)N[C@H]1CC[C@@H](C(=O)O)C1. The molecule has 0 radical (unpaired) electrons. The number of para-hydroxylation sites is 1. The molecule has 1 fully saturated rings. The van der Waals surface area contributed by atoms with Gasteiger partial charge in [0.25, 0.3) is 5.91 Å². The molecule has 3 atom stereocenters. The van der Waals surface area contributed by atoms with Crippen molar-refractivity contribution in [3.05, 3.63) is 29.3 Å². The molecule has 5 nitrogen and oxygen atoms in total. The number of nitrogens with one attached hydrogen (secondary N) is 1. The van der Waals surface area contributed by atoms with E-state index in [1.54, 1.807) is 24.3 Å². The molecule has 1 aliphatic carbocycles. The van der Waals surface area contributed by atoms with Crippen LogP contribution >= 0.6 is 11.6 Å². The summed E-state index contributed by atoms with van der Waals surface area (Å²) in [6.45, 7) is 1.86. The van der Waals surface area contributed by atoms with Gasteiger partial charge in [-0.25, -0.2) is 0 Å². The van der Waals surface area contributed by atoms with Crippen molar-refractivity contribution in [3.63, 3.8) is 0 Å². The van der Waals surface area contributed by atoms with Crippen LogP contribution in [0.3, 0.4) is 0 Å². The lowest BCUT2D eigenvalue weighted by Gasteiger charge is -2.20. The van der Waals surface area contributed by atoms with E-state index in [-0.39, 0.29) is 17.9 Å². The zero-order valence-corrected chi connectivity index (χ0v) is 13.2. The summed E-state index contributed by atoms with van der Waals surface area (Å²) in [5, 5.41) is 12.3. The number of hydrogen-bond donors (Lipinski definition) is 2. The summed E-state index contributed by atoms with van der Waals surface area (Å²) in [6, 6.07) is 6.91. The second-order valence-electron chi connectivity index (χ2n) is 5.50. The van der Waals surface area contributed by atoms with E-state index in [2.05, 4.69) is 5.32 Å². The van der Waals surface area contributed by atoms with E-state index < -0.39 is 12.1 Å². The molecule has 2 rings (SSSR count). The highest BCUT2D eigenvalue weighted by Gasteiger charge is 2.32. The summed E-state index contributed by atoms with van der Waals surface area (Å²) in [5.41, 5.74) is 0. The second kappa shape index (κ2) is 7.49. The lowest BCUT2D eigenvalue weighted by atomic mass is 10.1. The van der Waals surface area contributed by atoms with Crippen LogP contribution in [-0.4, -0.2) is 29.1 Å². The number of carboxylic acid groups (broad SMARTS) is 1. The number of halogens is 1. The van der Waals surface area contributed by atoms with Gasteiger partial charge in [0.1, 0.15) is 5.75 Å². The molecule has 0 aliphatic heterocycles. The van der Waals surface area contributed by atoms with Gasteiger partial charge in [-0.15, -0.1) is 0 Å². The monoisotopic (exact) mass is 325 g/mol. The molecular formula is C16H20ClNO4. The van der Waals surface area contributed by atoms with Crippen molar-refractivity contribution in [1.29, 1.82) is 0 Å². The van der Waals surface area contributed by atoms with E-state index in [0.717, 1.165) is 0 Å². The van der Waals surface area contributed by atoms with E-state index in [4.69, 9.17) is 21.4 Å². The molecule has 0 bridgehead atoms. The van der Waals surface area contributed by atoms with Crippen LogP contribution < -0.4 is 10.1 Å². The first kappa shape index (κ1) is 16.6. The molecule has 0 aromatic heterocycles. The fourth-order valence-electron chi connectivity index (χ4n) is 2.65. The van der Waals surface area contributed by atoms with E-state index >= 15 is 0 Å². The molecule has 22 heavy (non-hydrogen) atoms. The quantitative estimate of drug-likeness (QED) is 0.843. The number of carboxylic acids is 1. The third kappa shape index (κ3) is 4.13. The molecule has 0 heterocycles. The lowest BCUT2D eigenvalue weighted by Crippen LogP contribution is -2.42. The summed E-state index contributed by atoms with van der Waals surface area (Å²) in [7, 11) is 0. The average Bonchev–Trinajstić information content (AvgIpc) is 2.95. The van der Waals surface area contributed by atoms with Gasteiger partial charge in [-0.1, -0.05) is 30.7 Å². The minimum Gasteiger partial charge on any atom is -0.481 e. The number of carbonyl (C=O) groups is 2. The van der Waals surface area contributed by atoms with Crippen LogP contribution in [0, 0.1) is 5.92 Å². The van der Waals surface area contributed by atoms with E-state index in [9.17, 15) is 9.59 Å². The van der Waals surface area contributed by atoms with Crippen molar-refractivity contribution >= 4 is 23.5 Å². The van der Waals surface area contributed by atoms with Gasteiger partial charge in [-0.3, -0.25) is 9.59 Å². The summed E-state index contributed by atoms with van der Waals surface area (Å²) < 4.78 is 5.68. The van der Waals surface area contributed by atoms with Crippen LogP contribution in [-0.2, 0) is 9.59 Å². The Bertz CT molecular complexity index is 549. The molecule has 1 unspecified atom stereocenters. The first-order valence-electron chi connectivity index (χ1n) is 7.45. The Morgan fingerprint density at radius 2 is 2.14 bits per heavy atom. The molecule has 1 aliphatic rings. The molecule has 1 amide bonds. The van der Waals surface area contributed by atoms with Crippen molar-refractivity contribution in [2.75, 3.05) is 0 Å². The molecule has 1 aromatic rings. The smallest absolute Gasteiger partial charge is 0.306 e. The summed E-state index contributed by atoms with van der Waals surface area (Å²) in [5.74, 6) is -0.912. The maximum atomic E-state index is 12.3. The van der Waals surface area contributed by atoms with Gasteiger partial charge < -0.3 is 15.2 Å². The lowest BCUT2D eigenvalue weighted by molar-refractivity contribution is -0.141. The van der Waals surface area contributed by atoms with Crippen LogP contribution in [0.4, 0.5) is 0 Å². The first-order chi connectivity index (χ1) is 10.5. The minimum atomic E-state index is -0.795. The number of carbonyl (C=O) groups excluding carboxylic acids is 1. The number of ether oxygens (including phenoxy) is 1. The third-order valence-electron chi connectivity index (χ3n) is 3.90. The fourth-order valence-corrected chi connectivity index (χ4v) is 2.83. The van der Waals surface area contributed by atoms with Gasteiger partial charge in [0.05, 0.1) is 10.9 Å². The molecule has 2 N–H and O–H groups in total. The van der Waals surface area contributed by atoms with Gasteiger partial charge in [0, 0.05) is 6.04 Å². The zero-order chi connectivity index (χ0) is 16.1. The molecular weight excluding hydrogens is 306 g/mol. The van der Waals surface area contributed by atoms with E-state index in [1.807, 2.05) is 6.92 Å². The number of hydrogen-bond acceptors (Lipinski definition) is 3. The third-order valence-corrected chi connectivity index (χ3v) is 4.21. The highest BCUT2D eigenvalue weighted by molar-refractivity contribution is 6.32. The number of amides is 1. The Labute approximate surface area is 134 Å². The predicted molar refractivity (Wildman–Crippen MR) is 83.1 cm³/mol. The van der Waals surface area contributed by atoms with Gasteiger partial charge in [-0.2, -0.15) is 0 Å². The van der Waals surface area contributed by atoms with Crippen LogP contribution in [0.25, 0.3) is 0 Å². The van der Waals surface area contributed by atoms with Gasteiger partial charge in [0.15, 0.2) is 6.10 Å². The van der Waals surface area contributed by atoms with Gasteiger partial charge in [0.2, 0.25) is 0 Å². The van der Waals surface area contributed by atoms with Crippen LogP contribution in [0.2, 0.25) is 5.02 Å². The predicted octanol–water partition coefficient (Wildman–Crippen LogP) is 2.87. The first-order valence-corrected chi connectivity index (χ1v) is 7.83. The Balaban J connectivity index is 1.92. The Morgan fingerprint density at radius 1 is 1.41 bits per heavy atom. The summed E-state index contributed by atoms with van der Waals surface area (Å²) in [6.07, 6.45) is 1.63.